The van der Waals surface area contributed by atoms with Crippen LogP contribution in [-0.4, -0.2) is 35.0 Å². The average Bonchev–Trinajstić information content (AvgIpc) is 2.13. The molecule has 1 aliphatic rings. The van der Waals surface area contributed by atoms with Crippen molar-refractivity contribution < 1.29 is 9.59 Å². The Morgan fingerprint density at radius 2 is 2.27 bits per heavy atom. The summed E-state index contributed by atoms with van der Waals surface area (Å²) in [5.41, 5.74) is 0.674. The number of aliphatic imine (C=N–C) groups is 2. The molecule has 82 valence electrons. The van der Waals surface area contributed by atoms with Crippen LogP contribution in [0.15, 0.2) is 9.98 Å². The summed E-state index contributed by atoms with van der Waals surface area (Å²) in [6, 6.07) is -0.544. The minimum absolute atomic E-state index is 0.122. The van der Waals surface area contributed by atoms with Crippen molar-refractivity contribution in [3.63, 3.8) is 0 Å². The molecular formula is C9H13N3O2S. The third-order valence-electron chi connectivity index (χ3n) is 1.66. The SMILES string of the molecule is CCSCC(=O)NC1=NC(=O)N=C(C)C1. The highest BCUT2D eigenvalue weighted by molar-refractivity contribution is 7.99. The smallest absolute Gasteiger partial charge is 0.313 e. The molecule has 0 saturated heterocycles. The molecule has 0 radical (unpaired) electrons. The molecule has 1 heterocycles. The molecule has 3 amide bonds. The van der Waals surface area contributed by atoms with Crippen molar-refractivity contribution in [3.8, 4) is 0 Å². The van der Waals surface area contributed by atoms with E-state index < -0.39 is 6.03 Å². The summed E-state index contributed by atoms with van der Waals surface area (Å²) >= 11 is 1.52. The van der Waals surface area contributed by atoms with E-state index in [0.29, 0.717) is 23.7 Å². The fraction of sp³-hybridized carbons (Fsp3) is 0.556. The number of nitrogens with one attached hydrogen (secondary N) is 1. The lowest BCUT2D eigenvalue weighted by molar-refractivity contribution is -0.117. The molecule has 0 aromatic carbocycles. The number of rotatable bonds is 3. The number of urea groups is 1. The Balaban J connectivity index is 2.46. The first-order chi connectivity index (χ1) is 7.11. The molecule has 0 fully saturated rings. The first-order valence-electron chi connectivity index (χ1n) is 4.65. The van der Waals surface area contributed by atoms with Crippen LogP contribution in [-0.2, 0) is 4.79 Å². The van der Waals surface area contributed by atoms with Gasteiger partial charge in [-0.05, 0) is 12.7 Å². The first-order valence-corrected chi connectivity index (χ1v) is 5.80. The monoisotopic (exact) mass is 227 g/mol. The number of carbonyl (C=O) groups is 2. The Morgan fingerprint density at radius 1 is 1.53 bits per heavy atom. The van der Waals surface area contributed by atoms with Gasteiger partial charge in [-0.25, -0.2) is 9.79 Å². The van der Waals surface area contributed by atoms with E-state index in [1.54, 1.807) is 6.92 Å². The van der Waals surface area contributed by atoms with E-state index in [1.807, 2.05) is 6.92 Å². The predicted octanol–water partition coefficient (Wildman–Crippen LogP) is 1.24. The van der Waals surface area contributed by atoms with Crippen molar-refractivity contribution in [2.45, 2.75) is 20.3 Å². The maximum atomic E-state index is 11.3. The van der Waals surface area contributed by atoms with Crippen LogP contribution in [0.2, 0.25) is 0 Å². The molecular weight excluding hydrogens is 214 g/mol. The van der Waals surface area contributed by atoms with Gasteiger partial charge in [-0.2, -0.15) is 16.8 Å². The molecule has 1 aliphatic heterocycles. The second-order valence-electron chi connectivity index (χ2n) is 3.05. The third kappa shape index (κ3) is 4.24. The zero-order valence-electron chi connectivity index (χ0n) is 8.74. The summed E-state index contributed by atoms with van der Waals surface area (Å²) in [7, 11) is 0. The Kier molecular flexibility index (Phi) is 4.48. The molecule has 0 atom stereocenters. The minimum Gasteiger partial charge on any atom is -0.313 e. The highest BCUT2D eigenvalue weighted by Crippen LogP contribution is 2.01. The fourth-order valence-corrected chi connectivity index (χ4v) is 1.55. The van der Waals surface area contributed by atoms with Gasteiger partial charge in [0.25, 0.3) is 0 Å². The third-order valence-corrected chi connectivity index (χ3v) is 2.54. The highest BCUT2D eigenvalue weighted by atomic mass is 32.2. The van der Waals surface area contributed by atoms with E-state index in [0.717, 1.165) is 5.75 Å². The first kappa shape index (κ1) is 11.9. The minimum atomic E-state index is -0.544. The lowest BCUT2D eigenvalue weighted by Gasteiger charge is -2.10. The van der Waals surface area contributed by atoms with Gasteiger partial charge in [-0.3, -0.25) is 4.79 Å². The van der Waals surface area contributed by atoms with E-state index in [2.05, 4.69) is 15.3 Å². The molecule has 5 nitrogen and oxygen atoms in total. The van der Waals surface area contributed by atoms with Crippen LogP contribution in [0.3, 0.4) is 0 Å². The Morgan fingerprint density at radius 3 is 2.87 bits per heavy atom. The Bertz CT molecular complexity index is 336. The summed E-state index contributed by atoms with van der Waals surface area (Å²) in [6.07, 6.45) is 0.439. The standard InChI is InChI=1S/C9H13N3O2S/c1-3-15-5-8(13)11-7-4-6(2)10-9(14)12-7/h3-5H2,1-2H3,(H,11,12,13,14). The van der Waals surface area contributed by atoms with Crippen molar-refractivity contribution in [2.24, 2.45) is 9.98 Å². The molecule has 1 N–H and O–H groups in total. The van der Waals surface area contributed by atoms with Crippen LogP contribution >= 0.6 is 11.8 Å². The lowest BCUT2D eigenvalue weighted by atomic mass is 10.2. The van der Waals surface area contributed by atoms with Gasteiger partial charge in [-0.15, -0.1) is 0 Å². The number of hydrogen-bond acceptors (Lipinski definition) is 3. The molecule has 0 spiro atoms. The van der Waals surface area contributed by atoms with Crippen LogP contribution in [0.1, 0.15) is 20.3 Å². The fourth-order valence-electron chi connectivity index (χ4n) is 1.09. The molecule has 15 heavy (non-hydrogen) atoms. The molecule has 1 rings (SSSR count). The maximum Gasteiger partial charge on any atom is 0.368 e. The number of thioether (sulfide) groups is 1. The van der Waals surface area contributed by atoms with Crippen LogP contribution < -0.4 is 5.32 Å². The van der Waals surface area contributed by atoms with Crippen molar-refractivity contribution in [2.75, 3.05) is 11.5 Å². The van der Waals surface area contributed by atoms with Crippen molar-refractivity contribution in [3.05, 3.63) is 0 Å². The molecule has 0 bridgehead atoms. The molecule has 6 heteroatoms. The van der Waals surface area contributed by atoms with Gasteiger partial charge in [0.15, 0.2) is 0 Å². The number of nitrogens with zero attached hydrogens (tertiary/aromatic N) is 2. The van der Waals surface area contributed by atoms with Gasteiger partial charge >= 0.3 is 6.03 Å². The lowest BCUT2D eigenvalue weighted by Crippen LogP contribution is -2.35. The summed E-state index contributed by atoms with van der Waals surface area (Å²) in [5, 5.41) is 2.60. The van der Waals surface area contributed by atoms with Crippen LogP contribution in [0.5, 0.6) is 0 Å². The molecule has 0 aromatic heterocycles. The number of amides is 3. The molecule has 0 saturated carbocycles. The van der Waals surface area contributed by atoms with Crippen LogP contribution in [0.4, 0.5) is 4.79 Å². The van der Waals surface area contributed by atoms with Crippen molar-refractivity contribution in [1.82, 2.24) is 5.32 Å². The molecule has 0 aliphatic carbocycles. The predicted molar refractivity (Wildman–Crippen MR) is 61.7 cm³/mol. The summed E-state index contributed by atoms with van der Waals surface area (Å²) in [6.45, 7) is 3.72. The second-order valence-corrected chi connectivity index (χ2v) is 4.32. The van der Waals surface area contributed by atoms with Crippen molar-refractivity contribution >= 4 is 35.2 Å². The number of amidine groups is 1. The van der Waals surface area contributed by atoms with Crippen LogP contribution in [0, 0.1) is 0 Å². The van der Waals surface area contributed by atoms with Crippen molar-refractivity contribution in [1.29, 1.82) is 0 Å². The largest absolute Gasteiger partial charge is 0.368 e. The van der Waals surface area contributed by atoms with Gasteiger partial charge in [0.1, 0.15) is 5.84 Å². The quantitative estimate of drug-likeness (QED) is 0.788. The zero-order valence-corrected chi connectivity index (χ0v) is 9.56. The van der Waals surface area contributed by atoms with E-state index in [4.69, 9.17) is 0 Å². The summed E-state index contributed by atoms with van der Waals surface area (Å²) in [4.78, 5) is 29.5. The van der Waals surface area contributed by atoms with E-state index >= 15 is 0 Å². The van der Waals surface area contributed by atoms with Gasteiger partial charge in [0.2, 0.25) is 5.91 Å². The van der Waals surface area contributed by atoms with E-state index in [9.17, 15) is 9.59 Å². The van der Waals surface area contributed by atoms with Gasteiger partial charge in [0.05, 0.1) is 5.75 Å². The number of hydrogen-bond donors (Lipinski definition) is 1. The highest BCUT2D eigenvalue weighted by Gasteiger charge is 2.13. The van der Waals surface area contributed by atoms with Crippen LogP contribution in [0.25, 0.3) is 0 Å². The maximum absolute atomic E-state index is 11.3. The Labute approximate surface area is 92.4 Å². The Hall–Kier alpha value is -1.17. The summed E-state index contributed by atoms with van der Waals surface area (Å²) in [5.74, 6) is 1.55. The number of carbonyl (C=O) groups excluding carboxylic acids is 2. The molecule has 0 unspecified atom stereocenters. The van der Waals surface area contributed by atoms with E-state index in [1.165, 1.54) is 11.8 Å². The topological polar surface area (TPSA) is 70.9 Å². The normalized spacial score (nSPS) is 15.7. The molecule has 0 aromatic rings. The van der Waals surface area contributed by atoms with Gasteiger partial charge in [-0.1, -0.05) is 6.92 Å². The van der Waals surface area contributed by atoms with E-state index in [-0.39, 0.29) is 5.91 Å². The van der Waals surface area contributed by atoms with Gasteiger partial charge in [0, 0.05) is 12.1 Å². The second kappa shape index (κ2) is 5.65. The summed E-state index contributed by atoms with van der Waals surface area (Å²) < 4.78 is 0. The zero-order chi connectivity index (χ0) is 11.3. The van der Waals surface area contributed by atoms with Gasteiger partial charge < -0.3 is 5.32 Å². The average molecular weight is 227 g/mol.